The van der Waals surface area contributed by atoms with Gasteiger partial charge in [-0.25, -0.2) is 4.39 Å². The van der Waals surface area contributed by atoms with Crippen molar-refractivity contribution in [2.45, 2.75) is 6.54 Å². The Morgan fingerprint density at radius 3 is 2.37 bits per heavy atom. The van der Waals surface area contributed by atoms with Crippen LogP contribution in [0.15, 0.2) is 53.4 Å². The summed E-state index contributed by atoms with van der Waals surface area (Å²) < 4.78 is 19.4. The van der Waals surface area contributed by atoms with Gasteiger partial charge in [0.15, 0.2) is 0 Å². The number of morpholine rings is 1. The molecule has 2 aromatic carbocycles. The van der Waals surface area contributed by atoms with Crippen LogP contribution in [0.2, 0.25) is 0 Å². The summed E-state index contributed by atoms with van der Waals surface area (Å²) in [5, 5.41) is -0.441. The van der Waals surface area contributed by atoms with Crippen molar-refractivity contribution in [1.82, 2.24) is 19.6 Å². The average Bonchev–Trinajstić information content (AvgIpc) is 3.21. The number of amides is 3. The zero-order valence-electron chi connectivity index (χ0n) is 21.2. The van der Waals surface area contributed by atoms with E-state index in [1.165, 1.54) is 6.07 Å². The maximum atomic E-state index is 14.0. The minimum atomic E-state index is -0.465. The summed E-state index contributed by atoms with van der Waals surface area (Å²) >= 11 is 0.824. The van der Waals surface area contributed by atoms with E-state index in [1.807, 2.05) is 4.90 Å². The van der Waals surface area contributed by atoms with Crippen LogP contribution in [0.1, 0.15) is 21.5 Å². The number of imide groups is 1. The summed E-state index contributed by atoms with van der Waals surface area (Å²) in [7, 11) is 0. The first-order chi connectivity index (χ1) is 18.5. The second kappa shape index (κ2) is 12.2. The summed E-state index contributed by atoms with van der Waals surface area (Å²) in [4.78, 5) is 46.5. The monoisotopic (exact) mass is 538 g/mol. The largest absolute Gasteiger partial charge is 0.379 e. The zero-order chi connectivity index (χ0) is 26.5. The maximum Gasteiger partial charge on any atom is 0.293 e. The van der Waals surface area contributed by atoms with Crippen LogP contribution in [0.5, 0.6) is 0 Å². The van der Waals surface area contributed by atoms with E-state index < -0.39 is 17.0 Å². The molecule has 3 aliphatic rings. The van der Waals surface area contributed by atoms with E-state index in [-0.39, 0.29) is 22.9 Å². The summed E-state index contributed by atoms with van der Waals surface area (Å²) in [6.45, 7) is 8.46. The van der Waals surface area contributed by atoms with Crippen LogP contribution < -0.4 is 0 Å². The number of thioether (sulfide) groups is 1. The highest BCUT2D eigenvalue weighted by molar-refractivity contribution is 8.18. The Balaban J connectivity index is 1.18. The minimum absolute atomic E-state index is 0.0410. The molecule has 10 heteroatoms. The summed E-state index contributed by atoms with van der Waals surface area (Å²) in [5.41, 5.74) is 1.49. The predicted octanol–water partition coefficient (Wildman–Crippen LogP) is 3.15. The van der Waals surface area contributed by atoms with Crippen LogP contribution in [-0.4, -0.2) is 102 Å². The topological polar surface area (TPSA) is 73.4 Å². The molecule has 0 N–H and O–H groups in total. The van der Waals surface area contributed by atoms with Crippen LogP contribution in [0.4, 0.5) is 9.18 Å². The molecule has 200 valence electrons. The maximum absolute atomic E-state index is 14.0. The van der Waals surface area contributed by atoms with Gasteiger partial charge < -0.3 is 9.64 Å². The third-order valence-electron chi connectivity index (χ3n) is 7.09. The fraction of sp³-hybridized carbons (Fsp3) is 0.393. The molecule has 0 atom stereocenters. The molecule has 0 unspecified atom stereocenters. The molecular formula is C28H31FN4O4S. The normalized spacial score (nSPS) is 20.5. The lowest BCUT2D eigenvalue weighted by atomic mass is 10.1. The minimum Gasteiger partial charge on any atom is -0.379 e. The van der Waals surface area contributed by atoms with Gasteiger partial charge in [-0.15, -0.1) is 0 Å². The van der Waals surface area contributed by atoms with Gasteiger partial charge in [-0.05, 0) is 41.6 Å². The molecule has 0 radical (unpaired) electrons. The molecule has 0 spiro atoms. The second-order valence-corrected chi connectivity index (χ2v) is 10.6. The van der Waals surface area contributed by atoms with Gasteiger partial charge in [-0.3, -0.25) is 29.1 Å². The number of hydrogen-bond donors (Lipinski definition) is 0. The Hall–Kier alpha value is -3.05. The number of benzene rings is 2. The third kappa shape index (κ3) is 6.32. The number of halogens is 1. The van der Waals surface area contributed by atoms with Gasteiger partial charge in [0.1, 0.15) is 5.82 Å². The van der Waals surface area contributed by atoms with Crippen molar-refractivity contribution in [3.8, 4) is 0 Å². The first-order valence-corrected chi connectivity index (χ1v) is 13.7. The first-order valence-electron chi connectivity index (χ1n) is 12.9. The lowest BCUT2D eigenvalue weighted by Gasteiger charge is -2.36. The molecule has 0 saturated carbocycles. The molecule has 3 saturated heterocycles. The van der Waals surface area contributed by atoms with E-state index >= 15 is 0 Å². The van der Waals surface area contributed by atoms with E-state index in [9.17, 15) is 18.8 Å². The molecule has 5 rings (SSSR count). The smallest absolute Gasteiger partial charge is 0.293 e. The number of rotatable bonds is 7. The molecule has 0 aromatic heterocycles. The highest BCUT2D eigenvalue weighted by atomic mass is 32.2. The van der Waals surface area contributed by atoms with Crippen molar-refractivity contribution < 1.29 is 23.5 Å². The average molecular weight is 539 g/mol. The summed E-state index contributed by atoms with van der Waals surface area (Å²) in [6.07, 6.45) is 1.62. The number of hydrogen-bond acceptors (Lipinski definition) is 7. The highest BCUT2D eigenvalue weighted by Gasteiger charge is 2.35. The number of nitrogens with zero attached hydrogens (tertiary/aromatic N) is 4. The van der Waals surface area contributed by atoms with Crippen molar-refractivity contribution in [2.75, 3.05) is 65.6 Å². The number of piperazine rings is 1. The van der Waals surface area contributed by atoms with Gasteiger partial charge in [0.2, 0.25) is 0 Å². The predicted molar refractivity (Wildman–Crippen MR) is 144 cm³/mol. The van der Waals surface area contributed by atoms with Gasteiger partial charge in [-0.2, -0.15) is 0 Å². The van der Waals surface area contributed by atoms with Crippen molar-refractivity contribution >= 4 is 34.9 Å². The summed E-state index contributed by atoms with van der Waals surface area (Å²) in [6, 6.07) is 13.2. The van der Waals surface area contributed by atoms with Crippen molar-refractivity contribution in [2.24, 2.45) is 0 Å². The quantitative estimate of drug-likeness (QED) is 0.502. The van der Waals surface area contributed by atoms with Crippen molar-refractivity contribution in [3.63, 3.8) is 0 Å². The van der Waals surface area contributed by atoms with Gasteiger partial charge in [-0.1, -0.05) is 30.3 Å². The second-order valence-electron chi connectivity index (χ2n) is 9.57. The van der Waals surface area contributed by atoms with Crippen molar-refractivity contribution in [1.29, 1.82) is 0 Å². The third-order valence-corrected chi connectivity index (χ3v) is 7.99. The Labute approximate surface area is 226 Å². The fourth-order valence-electron chi connectivity index (χ4n) is 4.81. The van der Waals surface area contributed by atoms with E-state index in [2.05, 4.69) is 9.80 Å². The van der Waals surface area contributed by atoms with Crippen LogP contribution in [-0.2, 0) is 16.1 Å². The Bertz CT molecular complexity index is 1220. The van der Waals surface area contributed by atoms with Crippen LogP contribution in [0, 0.1) is 5.82 Å². The molecule has 3 amide bonds. The van der Waals surface area contributed by atoms with E-state index in [4.69, 9.17) is 4.74 Å². The molecule has 3 fully saturated rings. The molecule has 0 bridgehead atoms. The number of carbonyl (C=O) groups is 3. The first kappa shape index (κ1) is 26.6. The lowest BCUT2D eigenvalue weighted by molar-refractivity contribution is -0.123. The van der Waals surface area contributed by atoms with Gasteiger partial charge >= 0.3 is 0 Å². The molecule has 8 nitrogen and oxygen atoms in total. The molecule has 38 heavy (non-hydrogen) atoms. The van der Waals surface area contributed by atoms with Crippen LogP contribution in [0.3, 0.4) is 0 Å². The molecule has 2 aromatic rings. The van der Waals surface area contributed by atoms with Crippen molar-refractivity contribution in [3.05, 3.63) is 75.9 Å². The highest BCUT2D eigenvalue weighted by Crippen LogP contribution is 2.33. The molecule has 0 aliphatic carbocycles. The Morgan fingerprint density at radius 1 is 0.921 bits per heavy atom. The fourth-order valence-corrected chi connectivity index (χ4v) is 5.65. The number of ether oxygens (including phenoxy) is 1. The lowest BCUT2D eigenvalue weighted by Crippen LogP contribution is -2.51. The van der Waals surface area contributed by atoms with E-state index in [0.717, 1.165) is 69.1 Å². The summed E-state index contributed by atoms with van der Waals surface area (Å²) in [5.74, 6) is -0.964. The Kier molecular flexibility index (Phi) is 8.53. The zero-order valence-corrected chi connectivity index (χ0v) is 22.0. The molecule has 3 aliphatic heterocycles. The molecular weight excluding hydrogens is 507 g/mol. The van der Waals surface area contributed by atoms with Crippen LogP contribution >= 0.6 is 11.8 Å². The van der Waals surface area contributed by atoms with Crippen LogP contribution in [0.25, 0.3) is 6.08 Å². The SMILES string of the molecule is O=C(c1cccc(/C=C2\SC(=O)N(Cc3ccccc3F)C2=O)c1)N1CCN(CCN2CCOCC2)CC1. The van der Waals surface area contributed by atoms with Gasteiger partial charge in [0, 0.05) is 63.5 Å². The Morgan fingerprint density at radius 2 is 1.63 bits per heavy atom. The molecule has 3 heterocycles. The number of carbonyl (C=O) groups excluding carboxylic acids is 3. The van der Waals surface area contributed by atoms with Gasteiger partial charge in [0.25, 0.3) is 17.1 Å². The van der Waals surface area contributed by atoms with Gasteiger partial charge in [0.05, 0.1) is 24.7 Å². The standard InChI is InChI=1S/C28H31FN4O4S/c29-24-7-2-1-5-23(24)20-33-27(35)25(38-28(33)36)19-21-4-3-6-22(18-21)26(34)32-12-10-30(11-13-32)8-9-31-14-16-37-17-15-31/h1-7,18-19H,8-17,20H2/b25-19-. The van der Waals surface area contributed by atoms with E-state index in [0.29, 0.717) is 24.2 Å². The van der Waals surface area contributed by atoms with E-state index in [1.54, 1.807) is 48.5 Å².